The lowest BCUT2D eigenvalue weighted by Crippen LogP contribution is -2.36. The van der Waals surface area contributed by atoms with Gasteiger partial charge in [-0.05, 0) is 76.0 Å². The molecule has 200 valence electrons. The lowest BCUT2D eigenvalue weighted by Gasteiger charge is -2.24. The summed E-state index contributed by atoms with van der Waals surface area (Å²) >= 11 is 1.44. The second-order valence-corrected chi connectivity index (χ2v) is 11.9. The van der Waals surface area contributed by atoms with Crippen molar-refractivity contribution in [3.63, 3.8) is 0 Å². The van der Waals surface area contributed by atoms with E-state index in [1.807, 2.05) is 44.1 Å². The molecule has 0 unspecified atom stereocenters. The van der Waals surface area contributed by atoms with E-state index in [1.165, 1.54) is 27.8 Å². The van der Waals surface area contributed by atoms with Gasteiger partial charge in [0.25, 0.3) is 15.9 Å². The van der Waals surface area contributed by atoms with Crippen LogP contribution in [0.25, 0.3) is 10.2 Å². The minimum absolute atomic E-state index is 0.125. The van der Waals surface area contributed by atoms with Crippen LogP contribution in [-0.4, -0.2) is 65.0 Å². The molecule has 0 N–H and O–H groups in total. The Morgan fingerprint density at radius 2 is 1.66 bits per heavy atom. The molecule has 10 heteroatoms. The standard InChI is InChI=1S/C28H32N4O4S2/c1-6-32(22-10-8-7-9-11-22)38(34,35)23-15-13-21(14-16-23)27(33)31(19-18-30(3)4)28-29-25-24(36-5)17-12-20(2)26(25)37-28/h7-17H,6,18-19H2,1-5H3. The zero-order chi connectivity index (χ0) is 27.4. The van der Waals surface area contributed by atoms with Crippen molar-refractivity contribution in [2.45, 2.75) is 18.7 Å². The number of thiazole rings is 1. The Bertz CT molecular complexity index is 1520. The third kappa shape index (κ3) is 5.52. The number of nitrogens with zero attached hydrogens (tertiary/aromatic N) is 4. The molecule has 4 aromatic rings. The predicted molar refractivity (Wildman–Crippen MR) is 154 cm³/mol. The van der Waals surface area contributed by atoms with Gasteiger partial charge < -0.3 is 9.64 Å². The summed E-state index contributed by atoms with van der Waals surface area (Å²) in [5, 5.41) is 0.567. The van der Waals surface area contributed by atoms with Crippen LogP contribution >= 0.6 is 11.3 Å². The Kier molecular flexibility index (Phi) is 8.35. The lowest BCUT2D eigenvalue weighted by molar-refractivity contribution is 0.0985. The Morgan fingerprint density at radius 1 is 0.974 bits per heavy atom. The molecule has 1 heterocycles. The van der Waals surface area contributed by atoms with E-state index in [0.29, 0.717) is 35.2 Å². The highest BCUT2D eigenvalue weighted by Gasteiger charge is 2.26. The first-order chi connectivity index (χ1) is 18.2. The number of fused-ring (bicyclic) bond motifs is 1. The van der Waals surface area contributed by atoms with Crippen LogP contribution in [0.2, 0.25) is 0 Å². The number of sulfonamides is 1. The SMILES string of the molecule is CCN(c1ccccc1)S(=O)(=O)c1ccc(C(=O)N(CCN(C)C)c2nc3c(OC)ccc(C)c3s2)cc1. The molecule has 0 spiro atoms. The summed E-state index contributed by atoms with van der Waals surface area (Å²) in [6.45, 7) is 5.13. The molecule has 0 aliphatic heterocycles. The van der Waals surface area contributed by atoms with Crippen molar-refractivity contribution in [3.05, 3.63) is 77.9 Å². The third-order valence-corrected chi connectivity index (χ3v) is 9.31. The van der Waals surface area contributed by atoms with Crippen LogP contribution in [0.4, 0.5) is 10.8 Å². The quantitative estimate of drug-likeness (QED) is 0.274. The van der Waals surface area contributed by atoms with E-state index in [4.69, 9.17) is 9.72 Å². The summed E-state index contributed by atoms with van der Waals surface area (Å²) in [4.78, 5) is 22.3. The number of likely N-dealkylation sites (N-methyl/N-ethyl adjacent to an activating group) is 1. The first-order valence-electron chi connectivity index (χ1n) is 12.3. The second-order valence-electron chi connectivity index (χ2n) is 9.05. The second kappa shape index (κ2) is 11.5. The largest absolute Gasteiger partial charge is 0.494 e. The molecule has 38 heavy (non-hydrogen) atoms. The molecule has 1 amide bonds. The van der Waals surface area contributed by atoms with Crippen molar-refractivity contribution < 1.29 is 17.9 Å². The maximum Gasteiger partial charge on any atom is 0.264 e. The fraction of sp³-hybridized carbons (Fsp3) is 0.286. The van der Waals surface area contributed by atoms with Gasteiger partial charge in [0.05, 0.1) is 22.4 Å². The van der Waals surface area contributed by atoms with E-state index >= 15 is 0 Å². The number of aryl methyl sites for hydroxylation is 1. The molecule has 0 saturated carbocycles. The molecule has 0 radical (unpaired) electrons. The number of hydrogen-bond donors (Lipinski definition) is 0. The van der Waals surface area contributed by atoms with Crippen LogP contribution in [0.5, 0.6) is 5.75 Å². The van der Waals surface area contributed by atoms with Crippen molar-refractivity contribution in [1.29, 1.82) is 0 Å². The van der Waals surface area contributed by atoms with E-state index in [-0.39, 0.29) is 17.3 Å². The topological polar surface area (TPSA) is 83.1 Å². The molecule has 1 aromatic heterocycles. The Morgan fingerprint density at radius 3 is 2.26 bits per heavy atom. The Hall–Kier alpha value is -3.47. The first-order valence-corrected chi connectivity index (χ1v) is 14.5. The molecule has 0 fully saturated rings. The normalized spacial score (nSPS) is 11.6. The number of hydrogen-bond acceptors (Lipinski definition) is 7. The number of amides is 1. The fourth-order valence-electron chi connectivity index (χ4n) is 4.10. The van der Waals surface area contributed by atoms with E-state index in [0.717, 1.165) is 15.8 Å². The maximum atomic E-state index is 13.7. The van der Waals surface area contributed by atoms with E-state index in [2.05, 4.69) is 0 Å². The minimum atomic E-state index is -3.79. The number of anilines is 2. The zero-order valence-corrected chi connectivity index (χ0v) is 23.8. The molecule has 4 rings (SSSR count). The molecular weight excluding hydrogens is 520 g/mol. The highest BCUT2D eigenvalue weighted by Crippen LogP contribution is 2.37. The highest BCUT2D eigenvalue weighted by atomic mass is 32.2. The monoisotopic (exact) mass is 552 g/mol. The summed E-state index contributed by atoms with van der Waals surface area (Å²) in [5.74, 6) is 0.406. The predicted octanol–water partition coefficient (Wildman–Crippen LogP) is 5.04. The molecule has 0 bridgehead atoms. The van der Waals surface area contributed by atoms with E-state index < -0.39 is 10.0 Å². The van der Waals surface area contributed by atoms with Crippen LogP contribution in [0.1, 0.15) is 22.8 Å². The highest BCUT2D eigenvalue weighted by molar-refractivity contribution is 7.92. The smallest absolute Gasteiger partial charge is 0.264 e. The molecule has 8 nitrogen and oxygen atoms in total. The van der Waals surface area contributed by atoms with Crippen molar-refractivity contribution in [2.24, 2.45) is 0 Å². The van der Waals surface area contributed by atoms with Gasteiger partial charge in [0, 0.05) is 25.2 Å². The van der Waals surface area contributed by atoms with Crippen LogP contribution in [0.15, 0.2) is 71.6 Å². The van der Waals surface area contributed by atoms with Crippen molar-refractivity contribution >= 4 is 48.3 Å². The number of methoxy groups -OCH3 is 1. The number of carbonyl (C=O) groups excluding carboxylic acids is 1. The summed E-state index contributed by atoms with van der Waals surface area (Å²) in [6, 6.07) is 18.9. The number of ether oxygens (including phenoxy) is 1. The van der Waals surface area contributed by atoms with Crippen molar-refractivity contribution in [2.75, 3.05) is 50.0 Å². The molecule has 0 aliphatic rings. The van der Waals surface area contributed by atoms with Gasteiger partial charge in [-0.3, -0.25) is 14.0 Å². The average Bonchev–Trinajstić information content (AvgIpc) is 3.36. The first kappa shape index (κ1) is 27.6. The molecular formula is C28H32N4O4S2. The van der Waals surface area contributed by atoms with Gasteiger partial charge in [-0.1, -0.05) is 35.6 Å². The summed E-state index contributed by atoms with van der Waals surface area (Å²) in [6.07, 6.45) is 0. The average molecular weight is 553 g/mol. The van der Waals surface area contributed by atoms with Gasteiger partial charge in [0.15, 0.2) is 5.13 Å². The van der Waals surface area contributed by atoms with Crippen LogP contribution in [0.3, 0.4) is 0 Å². The summed E-state index contributed by atoms with van der Waals surface area (Å²) < 4.78 is 34.6. The van der Waals surface area contributed by atoms with Crippen molar-refractivity contribution in [3.8, 4) is 5.75 Å². The number of para-hydroxylation sites is 1. The summed E-state index contributed by atoms with van der Waals surface area (Å²) in [7, 11) is 1.70. The maximum absolute atomic E-state index is 13.7. The van der Waals surface area contributed by atoms with Gasteiger partial charge in [0.2, 0.25) is 0 Å². The van der Waals surface area contributed by atoms with Crippen LogP contribution in [0, 0.1) is 6.92 Å². The van der Waals surface area contributed by atoms with Gasteiger partial charge in [-0.2, -0.15) is 0 Å². The Balaban J connectivity index is 1.68. The number of rotatable bonds is 10. The Labute approximate surface area is 228 Å². The fourth-order valence-corrected chi connectivity index (χ4v) is 6.65. The van der Waals surface area contributed by atoms with Crippen LogP contribution < -0.4 is 13.9 Å². The van der Waals surface area contributed by atoms with Gasteiger partial charge in [-0.25, -0.2) is 13.4 Å². The van der Waals surface area contributed by atoms with Crippen molar-refractivity contribution in [1.82, 2.24) is 9.88 Å². The van der Waals surface area contributed by atoms with E-state index in [1.54, 1.807) is 55.3 Å². The van der Waals surface area contributed by atoms with Gasteiger partial charge in [0.1, 0.15) is 11.3 Å². The lowest BCUT2D eigenvalue weighted by atomic mass is 10.2. The zero-order valence-electron chi connectivity index (χ0n) is 22.2. The number of carbonyl (C=O) groups is 1. The minimum Gasteiger partial charge on any atom is -0.494 e. The summed E-state index contributed by atoms with van der Waals surface area (Å²) in [5.41, 5.74) is 2.75. The van der Waals surface area contributed by atoms with Gasteiger partial charge in [-0.15, -0.1) is 0 Å². The van der Waals surface area contributed by atoms with Gasteiger partial charge >= 0.3 is 0 Å². The molecule has 3 aromatic carbocycles. The molecule has 0 atom stereocenters. The van der Waals surface area contributed by atoms with E-state index in [9.17, 15) is 13.2 Å². The van der Waals surface area contributed by atoms with Crippen LogP contribution in [-0.2, 0) is 10.0 Å². The number of aromatic nitrogens is 1. The molecule has 0 saturated heterocycles. The molecule has 0 aliphatic carbocycles. The number of benzene rings is 3. The third-order valence-electron chi connectivity index (χ3n) is 6.18.